The van der Waals surface area contributed by atoms with Crippen LogP contribution in [0.4, 0.5) is 0 Å². The summed E-state index contributed by atoms with van der Waals surface area (Å²) in [5.41, 5.74) is 0. The number of carbonyl (C=O) groups excluding carboxylic acids is 1. The fourth-order valence-corrected chi connectivity index (χ4v) is 4.07. The number of hydrogen-bond acceptors (Lipinski definition) is 4. The summed E-state index contributed by atoms with van der Waals surface area (Å²) in [6.07, 6.45) is 12.1. The maximum absolute atomic E-state index is 12.1. The third-order valence-corrected chi connectivity index (χ3v) is 5.46. The van der Waals surface area contributed by atoms with Crippen molar-refractivity contribution < 1.29 is 9.21 Å². The van der Waals surface area contributed by atoms with E-state index in [0.717, 1.165) is 16.8 Å². The van der Waals surface area contributed by atoms with Gasteiger partial charge in [-0.25, -0.2) is 4.98 Å². The maximum atomic E-state index is 12.1. The Hall–Kier alpha value is -1.69. The molecule has 23 heavy (non-hydrogen) atoms. The lowest BCUT2D eigenvalue weighted by atomic mass is 10.0. The highest BCUT2D eigenvalue weighted by molar-refractivity contribution is 7.99. The number of furan rings is 1. The summed E-state index contributed by atoms with van der Waals surface area (Å²) in [4.78, 5) is 16.1. The summed E-state index contributed by atoms with van der Waals surface area (Å²) >= 11 is 1.99. The largest absolute Gasteiger partial charge is 0.454 e. The van der Waals surface area contributed by atoms with Crippen molar-refractivity contribution in [3.05, 3.63) is 42.4 Å². The number of rotatable bonds is 7. The van der Waals surface area contributed by atoms with Crippen LogP contribution in [-0.4, -0.2) is 33.0 Å². The molecule has 0 aromatic carbocycles. The Labute approximate surface area is 140 Å². The molecule has 6 heteroatoms. The van der Waals surface area contributed by atoms with E-state index in [1.807, 2.05) is 28.6 Å². The molecule has 0 saturated heterocycles. The molecule has 2 aromatic rings. The normalized spacial score (nSPS) is 15.7. The number of amides is 1. The van der Waals surface area contributed by atoms with Crippen LogP contribution >= 0.6 is 11.8 Å². The summed E-state index contributed by atoms with van der Waals surface area (Å²) in [6, 6.07) is 3.57. The minimum Gasteiger partial charge on any atom is -0.454 e. The Morgan fingerprint density at radius 1 is 1.35 bits per heavy atom. The third kappa shape index (κ3) is 4.89. The minimum atomic E-state index is -0.133. The van der Waals surface area contributed by atoms with Crippen molar-refractivity contribution in [3.63, 3.8) is 0 Å². The van der Waals surface area contributed by atoms with Gasteiger partial charge in [-0.2, -0.15) is 11.8 Å². The number of thioether (sulfide) groups is 1. The third-order valence-electron chi connectivity index (χ3n) is 4.08. The van der Waals surface area contributed by atoms with Crippen LogP contribution in [0.5, 0.6) is 0 Å². The van der Waals surface area contributed by atoms with Crippen LogP contribution in [0.15, 0.2) is 35.3 Å². The molecule has 2 heterocycles. The lowest BCUT2D eigenvalue weighted by Gasteiger charge is -2.20. The van der Waals surface area contributed by atoms with E-state index in [1.54, 1.807) is 18.6 Å². The first-order chi connectivity index (χ1) is 11.3. The van der Waals surface area contributed by atoms with Gasteiger partial charge < -0.3 is 14.3 Å². The van der Waals surface area contributed by atoms with Crippen molar-refractivity contribution in [3.8, 4) is 0 Å². The molecule has 1 saturated carbocycles. The zero-order valence-corrected chi connectivity index (χ0v) is 14.1. The second kappa shape index (κ2) is 8.24. The van der Waals surface area contributed by atoms with Gasteiger partial charge in [0.05, 0.1) is 12.9 Å². The average molecular weight is 333 g/mol. The van der Waals surface area contributed by atoms with Gasteiger partial charge in [0, 0.05) is 29.9 Å². The van der Waals surface area contributed by atoms with Gasteiger partial charge in [-0.15, -0.1) is 0 Å². The van der Waals surface area contributed by atoms with E-state index >= 15 is 0 Å². The summed E-state index contributed by atoms with van der Waals surface area (Å²) in [7, 11) is 0. The number of nitrogens with one attached hydrogen (secondary N) is 1. The molecule has 1 aliphatic rings. The molecular formula is C17H23N3O2S. The van der Waals surface area contributed by atoms with Crippen molar-refractivity contribution in [2.45, 2.75) is 43.9 Å². The van der Waals surface area contributed by atoms with Gasteiger partial charge in [0.15, 0.2) is 5.76 Å². The Balaban J connectivity index is 1.39. The SMILES string of the molecule is O=C(NCCSC1CCCCC1)c1ccc(Cn2ccnc2)o1. The highest BCUT2D eigenvalue weighted by atomic mass is 32.2. The predicted molar refractivity (Wildman–Crippen MR) is 91.7 cm³/mol. The molecule has 1 N–H and O–H groups in total. The smallest absolute Gasteiger partial charge is 0.287 e. The number of carbonyl (C=O) groups is 1. The van der Waals surface area contributed by atoms with Gasteiger partial charge in [0.25, 0.3) is 5.91 Å². The Morgan fingerprint density at radius 3 is 3.00 bits per heavy atom. The molecule has 1 fully saturated rings. The Morgan fingerprint density at radius 2 is 2.22 bits per heavy atom. The van der Waals surface area contributed by atoms with Gasteiger partial charge in [0.2, 0.25) is 0 Å². The molecule has 0 atom stereocenters. The monoisotopic (exact) mass is 333 g/mol. The topological polar surface area (TPSA) is 60.1 Å². The number of aromatic nitrogens is 2. The van der Waals surface area contributed by atoms with E-state index < -0.39 is 0 Å². The van der Waals surface area contributed by atoms with E-state index in [2.05, 4.69) is 10.3 Å². The van der Waals surface area contributed by atoms with Crippen LogP contribution in [0.3, 0.4) is 0 Å². The van der Waals surface area contributed by atoms with Crippen LogP contribution in [0.25, 0.3) is 0 Å². The van der Waals surface area contributed by atoms with E-state index in [0.29, 0.717) is 18.8 Å². The standard InChI is InChI=1S/C17H23N3O2S/c21-17(19-9-11-23-15-4-2-1-3-5-15)16-7-6-14(22-16)12-20-10-8-18-13-20/h6-8,10,13,15H,1-5,9,11-12H2,(H,19,21). The lowest BCUT2D eigenvalue weighted by molar-refractivity contribution is 0.0926. The highest BCUT2D eigenvalue weighted by Gasteiger charge is 2.14. The summed E-state index contributed by atoms with van der Waals surface area (Å²) in [5, 5.41) is 3.72. The highest BCUT2D eigenvalue weighted by Crippen LogP contribution is 2.27. The van der Waals surface area contributed by atoms with Crippen molar-refractivity contribution in [2.75, 3.05) is 12.3 Å². The molecule has 2 aromatic heterocycles. The first-order valence-corrected chi connectivity index (χ1v) is 9.30. The molecule has 0 aliphatic heterocycles. The Kier molecular flexibility index (Phi) is 5.80. The quantitative estimate of drug-likeness (QED) is 0.790. The number of imidazole rings is 1. The molecule has 0 spiro atoms. The summed E-state index contributed by atoms with van der Waals surface area (Å²) < 4.78 is 7.50. The van der Waals surface area contributed by atoms with Crippen LogP contribution in [0, 0.1) is 0 Å². The lowest BCUT2D eigenvalue weighted by Crippen LogP contribution is -2.26. The van der Waals surface area contributed by atoms with E-state index in [9.17, 15) is 4.79 Å². The molecule has 5 nitrogen and oxygen atoms in total. The molecule has 124 valence electrons. The van der Waals surface area contributed by atoms with Crippen LogP contribution < -0.4 is 5.32 Å². The minimum absolute atomic E-state index is 0.133. The summed E-state index contributed by atoms with van der Waals surface area (Å²) in [6.45, 7) is 1.28. The van der Waals surface area contributed by atoms with Crippen molar-refractivity contribution in [1.82, 2.24) is 14.9 Å². The van der Waals surface area contributed by atoms with E-state index in [1.165, 1.54) is 32.1 Å². The predicted octanol–water partition coefficient (Wildman–Crippen LogP) is 3.32. The molecule has 1 aliphatic carbocycles. The fraction of sp³-hybridized carbons (Fsp3) is 0.529. The maximum Gasteiger partial charge on any atom is 0.287 e. The first kappa shape index (κ1) is 16.2. The van der Waals surface area contributed by atoms with Crippen molar-refractivity contribution in [1.29, 1.82) is 0 Å². The average Bonchev–Trinajstić information content (AvgIpc) is 3.25. The van der Waals surface area contributed by atoms with Gasteiger partial charge in [-0.1, -0.05) is 19.3 Å². The second-order valence-electron chi connectivity index (χ2n) is 5.89. The molecule has 0 radical (unpaired) electrons. The molecule has 0 unspecified atom stereocenters. The van der Waals surface area contributed by atoms with Crippen molar-refractivity contribution >= 4 is 17.7 Å². The van der Waals surface area contributed by atoms with E-state index in [-0.39, 0.29) is 5.91 Å². The molecular weight excluding hydrogens is 310 g/mol. The fourth-order valence-electron chi connectivity index (χ4n) is 2.85. The zero-order chi connectivity index (χ0) is 15.9. The number of hydrogen-bond donors (Lipinski definition) is 1. The second-order valence-corrected chi connectivity index (χ2v) is 7.30. The van der Waals surface area contributed by atoms with E-state index in [4.69, 9.17) is 4.42 Å². The van der Waals surface area contributed by atoms with Crippen LogP contribution in [-0.2, 0) is 6.54 Å². The van der Waals surface area contributed by atoms with Gasteiger partial charge in [-0.05, 0) is 25.0 Å². The molecule has 1 amide bonds. The van der Waals surface area contributed by atoms with Crippen molar-refractivity contribution in [2.24, 2.45) is 0 Å². The molecule has 3 rings (SSSR count). The van der Waals surface area contributed by atoms with Gasteiger partial charge >= 0.3 is 0 Å². The summed E-state index contributed by atoms with van der Waals surface area (Å²) in [5.74, 6) is 1.97. The number of nitrogens with zero attached hydrogens (tertiary/aromatic N) is 2. The first-order valence-electron chi connectivity index (χ1n) is 8.25. The molecule has 0 bridgehead atoms. The Bertz CT molecular complexity index is 603. The van der Waals surface area contributed by atoms with Gasteiger partial charge in [0.1, 0.15) is 5.76 Å². The zero-order valence-electron chi connectivity index (χ0n) is 13.2. The van der Waals surface area contributed by atoms with Crippen LogP contribution in [0.2, 0.25) is 0 Å². The van der Waals surface area contributed by atoms with Gasteiger partial charge in [-0.3, -0.25) is 4.79 Å². The van der Waals surface area contributed by atoms with Crippen LogP contribution in [0.1, 0.15) is 48.4 Å².